The highest BCUT2D eigenvalue weighted by Crippen LogP contribution is 1.98. The third-order valence-electron chi connectivity index (χ3n) is 0.636. The fourth-order valence-corrected chi connectivity index (χ4v) is 0.610. The molecule has 8 heavy (non-hydrogen) atoms. The fraction of sp³-hybridized carbons (Fsp3) is 1.00. The summed E-state index contributed by atoms with van der Waals surface area (Å²) in [7, 11) is 0. The molecule has 0 aromatic carbocycles. The number of hydrogen-bond donors (Lipinski definition) is 1. The Morgan fingerprint density at radius 3 is 1.75 bits per heavy atom. The van der Waals surface area contributed by atoms with Gasteiger partial charge in [-0.3, -0.25) is 5.32 Å². The van der Waals surface area contributed by atoms with Gasteiger partial charge in [-0.15, -0.1) is 0 Å². The SMILES string of the molecule is CC([O])NC(C)(C)C. The number of rotatable bonds is 1. The van der Waals surface area contributed by atoms with Gasteiger partial charge < -0.3 is 0 Å². The second kappa shape index (κ2) is 2.46. The zero-order chi connectivity index (χ0) is 6.78. The monoisotopic (exact) mass is 116 g/mol. The average molecular weight is 116 g/mol. The first kappa shape index (κ1) is 7.92. The lowest BCUT2D eigenvalue weighted by Crippen LogP contribution is -2.41. The van der Waals surface area contributed by atoms with Gasteiger partial charge in [-0.25, -0.2) is 5.11 Å². The van der Waals surface area contributed by atoms with Crippen LogP contribution in [0.25, 0.3) is 0 Å². The van der Waals surface area contributed by atoms with Crippen molar-refractivity contribution in [2.24, 2.45) is 0 Å². The molecule has 1 radical (unpaired) electrons. The Kier molecular flexibility index (Phi) is 2.44. The molecule has 0 heterocycles. The molecule has 0 fully saturated rings. The molecule has 1 atom stereocenters. The summed E-state index contributed by atoms with van der Waals surface area (Å²) in [4.78, 5) is 0. The molecule has 0 bridgehead atoms. The molecule has 0 aliphatic heterocycles. The van der Waals surface area contributed by atoms with Crippen LogP contribution in [0.3, 0.4) is 0 Å². The summed E-state index contributed by atoms with van der Waals surface area (Å²) in [5, 5.41) is 13.3. The summed E-state index contributed by atoms with van der Waals surface area (Å²) in [6, 6.07) is 0. The zero-order valence-electron chi connectivity index (χ0n) is 5.99. The lowest BCUT2D eigenvalue weighted by Gasteiger charge is -2.21. The molecule has 1 N–H and O–H groups in total. The van der Waals surface area contributed by atoms with Crippen LogP contribution in [0.15, 0.2) is 0 Å². The van der Waals surface area contributed by atoms with Crippen molar-refractivity contribution in [2.75, 3.05) is 0 Å². The van der Waals surface area contributed by atoms with Crippen molar-refractivity contribution in [2.45, 2.75) is 39.5 Å². The van der Waals surface area contributed by atoms with Gasteiger partial charge in [-0.1, -0.05) is 0 Å². The van der Waals surface area contributed by atoms with E-state index in [9.17, 15) is 5.11 Å². The van der Waals surface area contributed by atoms with Crippen LogP contribution in [0.2, 0.25) is 0 Å². The number of nitrogens with one attached hydrogen (secondary N) is 1. The van der Waals surface area contributed by atoms with Gasteiger partial charge in [-0.05, 0) is 27.7 Å². The Balaban J connectivity index is 3.39. The average Bonchev–Trinajstić information content (AvgIpc) is 1.21. The topological polar surface area (TPSA) is 31.9 Å². The molecule has 1 unspecified atom stereocenters. The quantitative estimate of drug-likeness (QED) is 0.512. The van der Waals surface area contributed by atoms with Gasteiger partial charge in [0.2, 0.25) is 0 Å². The van der Waals surface area contributed by atoms with Gasteiger partial charge in [0.05, 0.1) is 0 Å². The molecular formula is C6H14NO. The van der Waals surface area contributed by atoms with Gasteiger partial charge in [0.15, 0.2) is 0 Å². The normalized spacial score (nSPS) is 16.1. The van der Waals surface area contributed by atoms with Crippen molar-refractivity contribution in [1.82, 2.24) is 5.32 Å². The van der Waals surface area contributed by atoms with Gasteiger partial charge in [0.25, 0.3) is 0 Å². The molecule has 2 nitrogen and oxygen atoms in total. The summed E-state index contributed by atoms with van der Waals surface area (Å²) >= 11 is 0. The lowest BCUT2D eigenvalue weighted by molar-refractivity contribution is 0.0526. The molecule has 0 amide bonds. The van der Waals surface area contributed by atoms with Gasteiger partial charge in [-0.2, -0.15) is 0 Å². The molecule has 0 aliphatic rings. The largest absolute Gasteiger partial charge is 0.285 e. The highest BCUT2D eigenvalue weighted by Gasteiger charge is 2.11. The van der Waals surface area contributed by atoms with Crippen LogP contribution in [-0.2, 0) is 5.11 Å². The minimum atomic E-state index is -0.657. The maximum atomic E-state index is 10.4. The van der Waals surface area contributed by atoms with Crippen molar-refractivity contribution >= 4 is 0 Å². The third-order valence-corrected chi connectivity index (χ3v) is 0.636. The van der Waals surface area contributed by atoms with Crippen LogP contribution in [0.5, 0.6) is 0 Å². The molecular weight excluding hydrogens is 102 g/mol. The minimum absolute atomic E-state index is 0.0405. The molecule has 0 saturated carbocycles. The van der Waals surface area contributed by atoms with Crippen LogP contribution in [-0.4, -0.2) is 11.8 Å². The Morgan fingerprint density at radius 2 is 1.75 bits per heavy atom. The Bertz CT molecular complexity index is 63.4. The van der Waals surface area contributed by atoms with Gasteiger partial charge in [0.1, 0.15) is 6.23 Å². The van der Waals surface area contributed by atoms with Crippen molar-refractivity contribution < 1.29 is 5.11 Å². The van der Waals surface area contributed by atoms with E-state index in [4.69, 9.17) is 0 Å². The van der Waals surface area contributed by atoms with Crippen LogP contribution in [0.4, 0.5) is 0 Å². The maximum absolute atomic E-state index is 10.4. The Morgan fingerprint density at radius 1 is 1.38 bits per heavy atom. The molecule has 0 aromatic heterocycles. The second-order valence-electron chi connectivity index (χ2n) is 3.04. The van der Waals surface area contributed by atoms with E-state index in [1.165, 1.54) is 0 Å². The van der Waals surface area contributed by atoms with E-state index in [2.05, 4.69) is 5.32 Å². The molecule has 0 aromatic rings. The third kappa shape index (κ3) is 5.92. The van der Waals surface area contributed by atoms with Crippen molar-refractivity contribution in [1.29, 1.82) is 0 Å². The van der Waals surface area contributed by atoms with Crippen molar-refractivity contribution in [3.05, 3.63) is 0 Å². The van der Waals surface area contributed by atoms with Crippen molar-refractivity contribution in [3.8, 4) is 0 Å². The van der Waals surface area contributed by atoms with E-state index in [0.29, 0.717) is 0 Å². The summed E-state index contributed by atoms with van der Waals surface area (Å²) in [5.74, 6) is 0. The van der Waals surface area contributed by atoms with Crippen LogP contribution in [0, 0.1) is 0 Å². The fourth-order valence-electron chi connectivity index (χ4n) is 0.610. The van der Waals surface area contributed by atoms with Crippen LogP contribution in [0.1, 0.15) is 27.7 Å². The first-order chi connectivity index (χ1) is 3.42. The number of hydrogen-bond acceptors (Lipinski definition) is 1. The van der Waals surface area contributed by atoms with Crippen LogP contribution < -0.4 is 5.32 Å². The van der Waals surface area contributed by atoms with E-state index in [1.54, 1.807) is 6.92 Å². The van der Waals surface area contributed by atoms with Gasteiger partial charge in [0, 0.05) is 5.54 Å². The molecule has 0 rings (SSSR count). The highest BCUT2D eigenvalue weighted by molar-refractivity contribution is 4.69. The zero-order valence-corrected chi connectivity index (χ0v) is 5.99. The van der Waals surface area contributed by atoms with E-state index < -0.39 is 6.23 Å². The van der Waals surface area contributed by atoms with E-state index in [0.717, 1.165) is 0 Å². The lowest BCUT2D eigenvalue weighted by atomic mass is 10.1. The van der Waals surface area contributed by atoms with Crippen LogP contribution >= 0.6 is 0 Å². The molecule has 2 heteroatoms. The Hall–Kier alpha value is -0.0800. The maximum Gasteiger partial charge on any atom is 0.141 e. The first-order valence-electron chi connectivity index (χ1n) is 2.85. The Labute approximate surface area is 50.9 Å². The molecule has 0 aliphatic carbocycles. The summed E-state index contributed by atoms with van der Waals surface area (Å²) < 4.78 is 0. The molecule has 0 spiro atoms. The molecule has 0 saturated heterocycles. The predicted molar refractivity (Wildman–Crippen MR) is 33.0 cm³/mol. The highest BCUT2D eigenvalue weighted by atomic mass is 16.3. The predicted octanol–water partition coefficient (Wildman–Crippen LogP) is 1.15. The van der Waals surface area contributed by atoms with E-state index in [1.807, 2.05) is 20.8 Å². The smallest absolute Gasteiger partial charge is 0.141 e. The molecule has 49 valence electrons. The summed E-state index contributed by atoms with van der Waals surface area (Å²) in [6.07, 6.45) is -0.657. The van der Waals surface area contributed by atoms with E-state index in [-0.39, 0.29) is 5.54 Å². The minimum Gasteiger partial charge on any atom is -0.285 e. The van der Waals surface area contributed by atoms with E-state index >= 15 is 0 Å². The van der Waals surface area contributed by atoms with Crippen molar-refractivity contribution in [3.63, 3.8) is 0 Å². The van der Waals surface area contributed by atoms with Gasteiger partial charge >= 0.3 is 0 Å². The second-order valence-corrected chi connectivity index (χ2v) is 3.04. The standard InChI is InChI=1S/C6H14NO/c1-5(8)7-6(2,3)4/h5,7H,1-4H3. The first-order valence-corrected chi connectivity index (χ1v) is 2.85. The summed E-state index contributed by atoms with van der Waals surface area (Å²) in [6.45, 7) is 7.52. The summed E-state index contributed by atoms with van der Waals surface area (Å²) in [5.41, 5.74) is -0.0405.